The van der Waals surface area contributed by atoms with Gasteiger partial charge in [-0.15, -0.1) is 0 Å². The van der Waals surface area contributed by atoms with Gasteiger partial charge in [-0.3, -0.25) is 34.2 Å². The molecule has 0 saturated carbocycles. The molecule has 2 aromatic carbocycles. The molecule has 1 unspecified atom stereocenters. The number of rotatable bonds is 11. The number of benzene rings is 2. The SMILES string of the molecule is CNC(=O)COc1cc2c(F)c(Nc3cc(N4CCC(CN5CCC6(CN(c7ccc8c(c7F)CN(C7CCC(=O)NC7=O)C8=O)C6)C(F)(F)C5)CC4)ncc3Cl)ccc2n(C(C)C)c1=O. The van der Waals surface area contributed by atoms with Crippen LogP contribution < -0.4 is 36.0 Å². The van der Waals surface area contributed by atoms with Crippen molar-refractivity contribution in [3.63, 3.8) is 0 Å². The lowest BCUT2D eigenvalue weighted by atomic mass is 9.68. The van der Waals surface area contributed by atoms with Crippen molar-refractivity contribution in [2.24, 2.45) is 11.3 Å². The molecule has 1 atom stereocenters. The van der Waals surface area contributed by atoms with Crippen LogP contribution in [0.15, 0.2) is 47.4 Å². The Hall–Kier alpha value is -5.95. The molecule has 4 fully saturated rings. The molecule has 20 heteroatoms. The quantitative estimate of drug-likeness (QED) is 0.127. The number of hydrogen-bond acceptors (Lipinski definition) is 11. The lowest BCUT2D eigenvalue weighted by Gasteiger charge is -2.58. The van der Waals surface area contributed by atoms with Gasteiger partial charge in [-0.1, -0.05) is 11.6 Å². The number of imide groups is 1. The first kappa shape index (κ1) is 45.2. The summed E-state index contributed by atoms with van der Waals surface area (Å²) in [5, 5.41) is 8.10. The smallest absolute Gasteiger partial charge is 0.293 e. The number of anilines is 4. The highest BCUT2D eigenvalue weighted by atomic mass is 35.5. The van der Waals surface area contributed by atoms with E-state index in [1.165, 1.54) is 47.0 Å². The Morgan fingerprint density at radius 1 is 0.970 bits per heavy atom. The van der Waals surface area contributed by atoms with Gasteiger partial charge in [0.1, 0.15) is 11.9 Å². The van der Waals surface area contributed by atoms with Crippen molar-refractivity contribution < 1.29 is 41.5 Å². The minimum Gasteiger partial charge on any atom is -0.478 e. The van der Waals surface area contributed by atoms with Gasteiger partial charge >= 0.3 is 0 Å². The number of piperidine rings is 3. The number of ether oxygens (including phenoxy) is 1. The Morgan fingerprint density at radius 3 is 2.42 bits per heavy atom. The second-order valence-corrected chi connectivity index (χ2v) is 18.7. The van der Waals surface area contributed by atoms with Gasteiger partial charge in [-0.2, -0.15) is 0 Å². The van der Waals surface area contributed by atoms with Crippen LogP contribution in [-0.4, -0.2) is 114 Å². The van der Waals surface area contributed by atoms with E-state index in [0.717, 1.165) is 12.8 Å². The fourth-order valence-corrected chi connectivity index (χ4v) is 10.3. The maximum Gasteiger partial charge on any atom is 0.293 e. The van der Waals surface area contributed by atoms with E-state index < -0.39 is 71.4 Å². The van der Waals surface area contributed by atoms with E-state index in [2.05, 4.69) is 25.8 Å². The van der Waals surface area contributed by atoms with Crippen molar-refractivity contribution in [2.75, 3.05) is 74.6 Å². The summed E-state index contributed by atoms with van der Waals surface area (Å²) < 4.78 is 71.3. The van der Waals surface area contributed by atoms with Crippen molar-refractivity contribution in [1.29, 1.82) is 0 Å². The predicted molar refractivity (Wildman–Crippen MR) is 239 cm³/mol. The zero-order valence-corrected chi connectivity index (χ0v) is 37.5. The van der Waals surface area contributed by atoms with Crippen LogP contribution in [0.4, 0.5) is 40.4 Å². The predicted octanol–water partition coefficient (Wildman–Crippen LogP) is 5.60. The number of nitrogens with zero attached hydrogens (tertiary/aromatic N) is 6. The lowest BCUT2D eigenvalue weighted by Crippen LogP contribution is -2.70. The summed E-state index contributed by atoms with van der Waals surface area (Å²) in [6, 6.07) is 7.89. The topological polar surface area (TPSA) is 161 Å². The van der Waals surface area contributed by atoms with Crippen LogP contribution in [-0.2, 0) is 20.9 Å². The zero-order chi connectivity index (χ0) is 46.8. The van der Waals surface area contributed by atoms with Gasteiger partial charge in [-0.25, -0.2) is 22.5 Å². The number of halogens is 5. The highest BCUT2D eigenvalue weighted by molar-refractivity contribution is 6.33. The average Bonchev–Trinajstić information content (AvgIpc) is 3.60. The lowest BCUT2D eigenvalue weighted by molar-refractivity contribution is -0.181. The summed E-state index contributed by atoms with van der Waals surface area (Å²) >= 11 is 6.56. The Kier molecular flexibility index (Phi) is 11.9. The molecule has 2 aromatic heterocycles. The van der Waals surface area contributed by atoms with E-state index in [1.807, 2.05) is 4.90 Å². The molecular weight excluding hydrogens is 886 g/mol. The van der Waals surface area contributed by atoms with Crippen LogP contribution in [0.3, 0.4) is 0 Å². The van der Waals surface area contributed by atoms with E-state index in [-0.39, 0.29) is 89.5 Å². The first-order valence-corrected chi connectivity index (χ1v) is 22.5. The third-order valence-electron chi connectivity index (χ3n) is 13.9. The van der Waals surface area contributed by atoms with Crippen molar-refractivity contribution in [3.05, 3.63) is 80.7 Å². The van der Waals surface area contributed by atoms with Gasteiger partial charge < -0.3 is 34.6 Å². The zero-order valence-electron chi connectivity index (χ0n) is 36.7. The molecule has 15 nitrogen and oxygen atoms in total. The third-order valence-corrected chi connectivity index (χ3v) is 14.2. The van der Waals surface area contributed by atoms with E-state index in [4.69, 9.17) is 16.3 Å². The summed E-state index contributed by atoms with van der Waals surface area (Å²) in [5.74, 6) is -5.68. The van der Waals surface area contributed by atoms with Crippen LogP contribution in [0.25, 0.3) is 10.9 Å². The highest BCUT2D eigenvalue weighted by Crippen LogP contribution is 2.52. The van der Waals surface area contributed by atoms with Gasteiger partial charge in [0.2, 0.25) is 11.8 Å². The second-order valence-electron chi connectivity index (χ2n) is 18.3. The number of alkyl halides is 2. The van der Waals surface area contributed by atoms with Crippen molar-refractivity contribution in [3.8, 4) is 5.75 Å². The Labute approximate surface area is 382 Å². The largest absolute Gasteiger partial charge is 0.478 e. The third kappa shape index (κ3) is 8.07. The van der Waals surface area contributed by atoms with Crippen LogP contribution in [0.1, 0.15) is 67.9 Å². The summed E-state index contributed by atoms with van der Waals surface area (Å²) in [5.41, 5.74) is -0.547. The van der Waals surface area contributed by atoms with Crippen LogP contribution >= 0.6 is 11.6 Å². The number of hydrogen-bond donors (Lipinski definition) is 3. The molecule has 4 saturated heterocycles. The molecule has 4 aromatic rings. The first-order chi connectivity index (χ1) is 31.5. The van der Waals surface area contributed by atoms with E-state index in [0.29, 0.717) is 43.2 Å². The van der Waals surface area contributed by atoms with E-state index in [1.54, 1.807) is 30.9 Å². The summed E-state index contributed by atoms with van der Waals surface area (Å²) in [6.45, 7) is 4.78. The number of nitrogens with one attached hydrogen (secondary N) is 3. The van der Waals surface area contributed by atoms with Gasteiger partial charge in [0, 0.05) is 74.8 Å². The molecule has 4 amide bonds. The Morgan fingerprint density at radius 2 is 1.73 bits per heavy atom. The molecule has 3 N–H and O–H groups in total. The molecule has 0 bridgehead atoms. The van der Waals surface area contributed by atoms with Crippen molar-refractivity contribution in [2.45, 2.75) is 70.5 Å². The number of likely N-dealkylation sites (N-methyl/N-ethyl adjacent to an activating group) is 1. The number of carbonyl (C=O) groups is 4. The average molecular weight is 936 g/mol. The number of amides is 4. The van der Waals surface area contributed by atoms with E-state index >= 15 is 17.6 Å². The molecule has 0 radical (unpaired) electrons. The van der Waals surface area contributed by atoms with Crippen molar-refractivity contribution in [1.82, 2.24) is 30.0 Å². The van der Waals surface area contributed by atoms with Gasteiger partial charge in [0.25, 0.3) is 23.3 Å². The second kappa shape index (κ2) is 17.4. The number of fused-ring (bicyclic) bond motifs is 2. The molecule has 7 heterocycles. The molecule has 5 aliphatic rings. The fraction of sp³-hybridized carbons (Fsp3) is 0.478. The minimum absolute atomic E-state index is 0.0259. The number of carbonyl (C=O) groups excluding carboxylic acids is 4. The number of likely N-dealkylation sites (tertiary alicyclic amines) is 1. The maximum absolute atomic E-state index is 16.3. The highest BCUT2D eigenvalue weighted by Gasteiger charge is 2.63. The monoisotopic (exact) mass is 935 g/mol. The summed E-state index contributed by atoms with van der Waals surface area (Å²) in [4.78, 5) is 73.7. The Balaban J connectivity index is 0.801. The maximum atomic E-state index is 16.3. The first-order valence-electron chi connectivity index (χ1n) is 22.2. The number of aromatic nitrogens is 2. The summed E-state index contributed by atoms with van der Waals surface area (Å²) in [7, 11) is 1.44. The minimum atomic E-state index is -3.02. The molecule has 5 aliphatic heterocycles. The normalized spacial score (nSPS) is 20.8. The molecule has 9 rings (SSSR count). The standard InChI is InChI=1S/C46H50ClF4N9O6/c1-25(2)60-33-7-5-31(40(48)28(33)16-36(44(60)65)66-21-39(62)52-3)54-32-17-37(53-18-30(32)47)57-13-10-26(11-14-57)19-56-15-12-45(46(50,51)24-56)22-58(23-45)34-6-4-27-29(41(34)49)20-59(43(27)64)35-8-9-38(61)55-42(35)63/h4-7,16-18,25-26,35H,8-15,19-24H2,1-3H3,(H,52,62)(H,53,54)(H,55,61,63). The fourth-order valence-electron chi connectivity index (χ4n) is 10.1. The van der Waals surface area contributed by atoms with Crippen LogP contribution in [0, 0.1) is 23.0 Å². The van der Waals surface area contributed by atoms with Gasteiger partial charge in [0.05, 0.1) is 52.3 Å². The van der Waals surface area contributed by atoms with Gasteiger partial charge in [-0.05, 0) is 82.3 Å². The van der Waals surface area contributed by atoms with Crippen LogP contribution in [0.2, 0.25) is 5.02 Å². The van der Waals surface area contributed by atoms with Gasteiger partial charge in [0.15, 0.2) is 24.0 Å². The molecule has 1 spiro atoms. The Bertz CT molecular complexity index is 2700. The van der Waals surface area contributed by atoms with E-state index in [9.17, 15) is 24.0 Å². The number of pyridine rings is 2. The molecule has 0 aliphatic carbocycles. The van der Waals surface area contributed by atoms with Crippen LogP contribution in [0.5, 0.6) is 5.75 Å². The molecule has 66 heavy (non-hydrogen) atoms. The summed E-state index contributed by atoms with van der Waals surface area (Å²) in [6.07, 6.45) is 3.41. The molecule has 350 valence electrons. The van der Waals surface area contributed by atoms with Crippen molar-refractivity contribution >= 4 is 69.0 Å². The molecular formula is C46H50ClF4N9O6.